The molecule has 2 N–H and O–H groups in total. The van der Waals surface area contributed by atoms with E-state index in [1.165, 1.54) is 11.8 Å². The van der Waals surface area contributed by atoms with E-state index in [1.54, 1.807) is 30.6 Å². The molecule has 1 aliphatic carbocycles. The van der Waals surface area contributed by atoms with Crippen molar-refractivity contribution in [3.63, 3.8) is 0 Å². The van der Waals surface area contributed by atoms with Gasteiger partial charge >= 0.3 is 0 Å². The van der Waals surface area contributed by atoms with Crippen molar-refractivity contribution in [2.45, 2.75) is 47.0 Å². The molecule has 0 radical (unpaired) electrons. The molecule has 3 rings (SSSR count). The first-order chi connectivity index (χ1) is 13.2. The molecule has 1 heterocycles. The molecule has 0 saturated heterocycles. The van der Waals surface area contributed by atoms with Gasteiger partial charge in [-0.2, -0.15) is 0 Å². The monoisotopic (exact) mass is 400 g/mol. The van der Waals surface area contributed by atoms with Gasteiger partial charge in [0.1, 0.15) is 10.8 Å². The van der Waals surface area contributed by atoms with Crippen LogP contribution in [0.3, 0.4) is 0 Å². The minimum Gasteiger partial charge on any atom is -0.497 e. The molecule has 28 heavy (non-hydrogen) atoms. The van der Waals surface area contributed by atoms with Crippen LogP contribution in [0.4, 0.5) is 10.7 Å². The third-order valence-electron chi connectivity index (χ3n) is 5.35. The second-order valence-corrected chi connectivity index (χ2v) is 9.48. The van der Waals surface area contributed by atoms with Crippen LogP contribution in [0.15, 0.2) is 24.3 Å². The summed E-state index contributed by atoms with van der Waals surface area (Å²) >= 11 is 1.54. The lowest BCUT2D eigenvalue weighted by Gasteiger charge is -2.33. The number of carbonyl (C=O) groups is 2. The molecule has 0 saturated carbocycles. The van der Waals surface area contributed by atoms with Crippen LogP contribution < -0.4 is 15.4 Å². The lowest BCUT2D eigenvalue weighted by Crippen LogP contribution is -2.27. The zero-order valence-corrected chi connectivity index (χ0v) is 18.0. The van der Waals surface area contributed by atoms with Gasteiger partial charge in [-0.25, -0.2) is 0 Å². The van der Waals surface area contributed by atoms with Crippen LogP contribution in [0, 0.1) is 11.3 Å². The van der Waals surface area contributed by atoms with E-state index < -0.39 is 0 Å². The Morgan fingerprint density at radius 1 is 1.14 bits per heavy atom. The molecule has 0 spiro atoms. The van der Waals surface area contributed by atoms with E-state index in [0.717, 1.165) is 30.6 Å². The van der Waals surface area contributed by atoms with Gasteiger partial charge in [0.15, 0.2) is 0 Å². The van der Waals surface area contributed by atoms with Gasteiger partial charge in [0.25, 0.3) is 5.91 Å². The average Bonchev–Trinajstić information content (AvgIpc) is 2.97. The first-order valence-electron chi connectivity index (χ1n) is 9.56. The van der Waals surface area contributed by atoms with Crippen molar-refractivity contribution in [2.75, 3.05) is 17.7 Å². The summed E-state index contributed by atoms with van der Waals surface area (Å²) in [7, 11) is 1.61. The SMILES string of the molecule is COc1ccc(NC(=O)c2c(NC(C)=O)sc3c2CCC(C(C)(C)C)C3)cc1. The van der Waals surface area contributed by atoms with Crippen LogP contribution in [-0.4, -0.2) is 18.9 Å². The van der Waals surface area contributed by atoms with Crippen LogP contribution >= 0.6 is 11.3 Å². The van der Waals surface area contributed by atoms with E-state index in [4.69, 9.17) is 4.74 Å². The molecule has 150 valence electrons. The summed E-state index contributed by atoms with van der Waals surface area (Å²) in [6.07, 6.45) is 2.86. The van der Waals surface area contributed by atoms with Gasteiger partial charge in [-0.15, -0.1) is 11.3 Å². The molecule has 1 atom stereocenters. The standard InChI is InChI=1S/C22H28N2O3S/c1-13(25)23-21-19(20(26)24-15-7-9-16(27-5)10-8-15)17-11-6-14(22(2,3)4)12-18(17)28-21/h7-10,14H,6,11-12H2,1-5H3,(H,23,25)(H,24,26). The molecule has 0 fully saturated rings. The van der Waals surface area contributed by atoms with Gasteiger partial charge in [-0.1, -0.05) is 20.8 Å². The van der Waals surface area contributed by atoms with Crippen LogP contribution in [0.5, 0.6) is 5.75 Å². The largest absolute Gasteiger partial charge is 0.497 e. The number of hydrogen-bond donors (Lipinski definition) is 2. The number of fused-ring (bicyclic) bond motifs is 1. The molecule has 1 aromatic heterocycles. The summed E-state index contributed by atoms with van der Waals surface area (Å²) in [6.45, 7) is 8.27. The maximum Gasteiger partial charge on any atom is 0.258 e. The Bertz CT molecular complexity index is 878. The lowest BCUT2D eigenvalue weighted by molar-refractivity contribution is -0.114. The van der Waals surface area contributed by atoms with E-state index in [2.05, 4.69) is 31.4 Å². The molecule has 0 bridgehead atoms. The summed E-state index contributed by atoms with van der Waals surface area (Å²) in [5.74, 6) is 0.962. The Balaban J connectivity index is 1.91. The quantitative estimate of drug-likeness (QED) is 0.749. The molecule has 2 amide bonds. The molecule has 0 aliphatic heterocycles. The highest BCUT2D eigenvalue weighted by atomic mass is 32.1. The number of carbonyl (C=O) groups excluding carboxylic acids is 2. The summed E-state index contributed by atoms with van der Waals surface area (Å²) in [4.78, 5) is 26.0. The van der Waals surface area contributed by atoms with Gasteiger partial charge in [0.05, 0.1) is 12.7 Å². The summed E-state index contributed by atoms with van der Waals surface area (Å²) in [6, 6.07) is 7.23. The summed E-state index contributed by atoms with van der Waals surface area (Å²) in [5.41, 5.74) is 2.61. The van der Waals surface area contributed by atoms with E-state index in [0.29, 0.717) is 22.2 Å². The number of rotatable bonds is 4. The van der Waals surface area contributed by atoms with Crippen LogP contribution in [0.1, 0.15) is 54.9 Å². The lowest BCUT2D eigenvalue weighted by atomic mass is 9.72. The normalized spacial score (nSPS) is 16.2. The van der Waals surface area contributed by atoms with Gasteiger partial charge in [0, 0.05) is 17.5 Å². The molecule has 1 aromatic carbocycles. The third kappa shape index (κ3) is 4.38. The highest BCUT2D eigenvalue weighted by Gasteiger charge is 2.33. The Kier molecular flexibility index (Phi) is 5.79. The average molecular weight is 401 g/mol. The third-order valence-corrected chi connectivity index (χ3v) is 6.52. The number of hydrogen-bond acceptors (Lipinski definition) is 4. The first-order valence-corrected chi connectivity index (χ1v) is 10.4. The minimum atomic E-state index is -0.180. The predicted octanol–water partition coefficient (Wildman–Crippen LogP) is 5.12. The number of ether oxygens (including phenoxy) is 1. The van der Waals surface area contributed by atoms with Crippen molar-refractivity contribution < 1.29 is 14.3 Å². The Labute approximate surface area is 170 Å². The minimum absolute atomic E-state index is 0.163. The molecule has 2 aromatic rings. The number of thiophene rings is 1. The molecular weight excluding hydrogens is 372 g/mol. The fraction of sp³-hybridized carbons (Fsp3) is 0.455. The van der Waals surface area contributed by atoms with Crippen LogP contribution in [0.25, 0.3) is 0 Å². The zero-order chi connectivity index (χ0) is 20.5. The highest BCUT2D eigenvalue weighted by Crippen LogP contribution is 2.44. The molecular formula is C22H28N2O3S. The highest BCUT2D eigenvalue weighted by molar-refractivity contribution is 7.17. The Morgan fingerprint density at radius 2 is 1.82 bits per heavy atom. The van der Waals surface area contributed by atoms with Gasteiger partial charge < -0.3 is 15.4 Å². The Morgan fingerprint density at radius 3 is 2.39 bits per heavy atom. The number of nitrogens with one attached hydrogen (secondary N) is 2. The topological polar surface area (TPSA) is 67.4 Å². The van der Waals surface area contributed by atoms with Crippen molar-refractivity contribution in [1.82, 2.24) is 0 Å². The van der Waals surface area contributed by atoms with E-state index >= 15 is 0 Å². The summed E-state index contributed by atoms with van der Waals surface area (Å²) in [5, 5.41) is 6.48. The van der Waals surface area contributed by atoms with Crippen molar-refractivity contribution in [1.29, 1.82) is 0 Å². The number of anilines is 2. The smallest absolute Gasteiger partial charge is 0.258 e. The van der Waals surface area contributed by atoms with Crippen LogP contribution in [-0.2, 0) is 17.6 Å². The fourth-order valence-electron chi connectivity index (χ4n) is 3.68. The molecule has 5 nitrogen and oxygen atoms in total. The zero-order valence-electron chi connectivity index (χ0n) is 17.1. The molecule has 6 heteroatoms. The van der Waals surface area contributed by atoms with E-state index in [1.807, 2.05) is 12.1 Å². The van der Waals surface area contributed by atoms with E-state index in [9.17, 15) is 9.59 Å². The predicted molar refractivity (Wildman–Crippen MR) is 115 cm³/mol. The van der Waals surface area contributed by atoms with Crippen LogP contribution in [0.2, 0.25) is 0 Å². The maximum absolute atomic E-state index is 13.1. The molecule has 1 unspecified atom stereocenters. The summed E-state index contributed by atoms with van der Waals surface area (Å²) < 4.78 is 5.16. The van der Waals surface area contributed by atoms with Gasteiger partial charge in [-0.05, 0) is 60.4 Å². The van der Waals surface area contributed by atoms with E-state index in [-0.39, 0.29) is 17.2 Å². The second-order valence-electron chi connectivity index (χ2n) is 8.38. The number of benzene rings is 1. The van der Waals surface area contributed by atoms with Crippen molar-refractivity contribution >= 4 is 33.8 Å². The van der Waals surface area contributed by atoms with Gasteiger partial charge in [-0.3, -0.25) is 9.59 Å². The van der Waals surface area contributed by atoms with Crippen molar-refractivity contribution in [3.8, 4) is 5.75 Å². The number of methoxy groups -OCH3 is 1. The van der Waals surface area contributed by atoms with Gasteiger partial charge in [0.2, 0.25) is 5.91 Å². The van der Waals surface area contributed by atoms with Crippen molar-refractivity contribution in [2.24, 2.45) is 11.3 Å². The molecule has 1 aliphatic rings. The first kappa shape index (κ1) is 20.4. The number of amides is 2. The maximum atomic E-state index is 13.1. The Hall–Kier alpha value is -2.34. The second kappa shape index (κ2) is 7.95. The van der Waals surface area contributed by atoms with Crippen molar-refractivity contribution in [3.05, 3.63) is 40.3 Å². The fourth-order valence-corrected chi connectivity index (χ4v) is 5.05.